The van der Waals surface area contributed by atoms with Gasteiger partial charge in [-0.25, -0.2) is 0 Å². The van der Waals surface area contributed by atoms with Crippen molar-refractivity contribution in [3.8, 4) is 0 Å². The maximum atomic E-state index is 11.3. The molecule has 0 aliphatic heterocycles. The lowest BCUT2D eigenvalue weighted by Crippen LogP contribution is -2.31. The molecule has 88 valence electrons. The van der Waals surface area contributed by atoms with E-state index >= 15 is 0 Å². The highest BCUT2D eigenvalue weighted by molar-refractivity contribution is 5.82. The van der Waals surface area contributed by atoms with Crippen LogP contribution < -0.4 is 5.32 Å². The number of hydrogen-bond donors (Lipinski definition) is 2. The third-order valence-electron chi connectivity index (χ3n) is 2.19. The number of rotatable bonds is 7. The van der Waals surface area contributed by atoms with Gasteiger partial charge in [-0.1, -0.05) is 20.8 Å². The fraction of sp³-hybridized carbons (Fsp3) is 0.818. The molecule has 1 amide bonds. The van der Waals surface area contributed by atoms with E-state index in [-0.39, 0.29) is 12.3 Å². The predicted molar refractivity (Wildman–Crippen MR) is 58.5 cm³/mol. The topological polar surface area (TPSA) is 66.4 Å². The molecule has 0 aliphatic rings. The van der Waals surface area contributed by atoms with Gasteiger partial charge in [0.05, 0.1) is 6.42 Å². The smallest absolute Gasteiger partial charge is 0.304 e. The van der Waals surface area contributed by atoms with Gasteiger partial charge >= 0.3 is 5.97 Å². The minimum atomic E-state index is -0.931. The number of nitrogens with one attached hydrogen (secondary N) is 1. The molecule has 1 unspecified atom stereocenters. The first-order valence-corrected chi connectivity index (χ1v) is 5.43. The fourth-order valence-electron chi connectivity index (χ4n) is 1.25. The number of amides is 1. The van der Waals surface area contributed by atoms with Crippen LogP contribution in [0.3, 0.4) is 0 Å². The van der Waals surface area contributed by atoms with Crippen molar-refractivity contribution in [3.63, 3.8) is 0 Å². The van der Waals surface area contributed by atoms with Gasteiger partial charge in [-0.15, -0.1) is 0 Å². The Morgan fingerprint density at radius 2 is 1.87 bits per heavy atom. The molecule has 1 atom stereocenters. The van der Waals surface area contributed by atoms with Crippen molar-refractivity contribution in [2.75, 3.05) is 6.54 Å². The van der Waals surface area contributed by atoms with Crippen LogP contribution in [0.15, 0.2) is 0 Å². The van der Waals surface area contributed by atoms with Gasteiger partial charge in [-0.3, -0.25) is 9.59 Å². The molecular weight excluding hydrogens is 194 g/mol. The molecular formula is C11H21NO3. The van der Waals surface area contributed by atoms with Gasteiger partial charge in [-0.05, 0) is 18.8 Å². The third kappa shape index (κ3) is 7.97. The second-order valence-electron chi connectivity index (χ2n) is 4.33. The van der Waals surface area contributed by atoms with E-state index in [4.69, 9.17) is 5.11 Å². The molecule has 0 aromatic carbocycles. The number of aliphatic carboxylic acids is 1. The van der Waals surface area contributed by atoms with Crippen molar-refractivity contribution in [2.45, 2.75) is 40.0 Å². The molecule has 0 heterocycles. The first-order valence-electron chi connectivity index (χ1n) is 5.43. The average Bonchev–Trinajstić information content (AvgIpc) is 2.10. The third-order valence-corrected chi connectivity index (χ3v) is 2.19. The SMILES string of the molecule is CC(C)CCCNC(=O)C(C)CC(=O)O. The molecule has 0 saturated carbocycles. The number of carboxylic acid groups (broad SMARTS) is 1. The summed E-state index contributed by atoms with van der Waals surface area (Å²) in [6, 6.07) is 0. The molecule has 2 N–H and O–H groups in total. The van der Waals surface area contributed by atoms with Crippen molar-refractivity contribution >= 4 is 11.9 Å². The number of carboxylic acids is 1. The van der Waals surface area contributed by atoms with Gasteiger partial charge in [0.25, 0.3) is 0 Å². The summed E-state index contributed by atoms with van der Waals surface area (Å²) >= 11 is 0. The Balaban J connectivity index is 3.60. The zero-order valence-electron chi connectivity index (χ0n) is 9.75. The molecule has 0 spiro atoms. The van der Waals surface area contributed by atoms with Crippen molar-refractivity contribution < 1.29 is 14.7 Å². The minimum absolute atomic E-state index is 0.101. The quantitative estimate of drug-likeness (QED) is 0.634. The highest BCUT2D eigenvalue weighted by Gasteiger charge is 2.15. The largest absolute Gasteiger partial charge is 0.481 e. The molecule has 0 rings (SSSR count). The first-order chi connectivity index (χ1) is 6.93. The maximum absolute atomic E-state index is 11.3. The highest BCUT2D eigenvalue weighted by Crippen LogP contribution is 2.04. The lowest BCUT2D eigenvalue weighted by atomic mass is 10.1. The van der Waals surface area contributed by atoms with E-state index in [1.165, 1.54) is 0 Å². The van der Waals surface area contributed by atoms with Crippen LogP contribution >= 0.6 is 0 Å². The minimum Gasteiger partial charge on any atom is -0.481 e. The Bertz CT molecular complexity index is 214. The summed E-state index contributed by atoms with van der Waals surface area (Å²) in [5, 5.41) is 11.2. The second kappa shape index (κ2) is 7.26. The van der Waals surface area contributed by atoms with E-state index < -0.39 is 11.9 Å². The van der Waals surface area contributed by atoms with E-state index in [2.05, 4.69) is 19.2 Å². The van der Waals surface area contributed by atoms with Crippen LogP contribution in [0.4, 0.5) is 0 Å². The summed E-state index contributed by atoms with van der Waals surface area (Å²) in [4.78, 5) is 21.7. The molecule has 0 saturated heterocycles. The summed E-state index contributed by atoms with van der Waals surface area (Å²) in [7, 11) is 0. The monoisotopic (exact) mass is 215 g/mol. The van der Waals surface area contributed by atoms with Gasteiger partial charge in [0.1, 0.15) is 0 Å². The Kier molecular flexibility index (Phi) is 6.75. The molecule has 0 bridgehead atoms. The van der Waals surface area contributed by atoms with Gasteiger partial charge in [0.2, 0.25) is 5.91 Å². The molecule has 0 aromatic rings. The van der Waals surface area contributed by atoms with Crippen molar-refractivity contribution in [2.24, 2.45) is 11.8 Å². The lowest BCUT2D eigenvalue weighted by Gasteiger charge is -2.10. The van der Waals surface area contributed by atoms with Crippen LogP contribution in [0, 0.1) is 11.8 Å². The summed E-state index contributed by atoms with van der Waals surface area (Å²) < 4.78 is 0. The zero-order valence-corrected chi connectivity index (χ0v) is 9.75. The molecule has 0 aliphatic carbocycles. The van der Waals surface area contributed by atoms with Gasteiger partial charge < -0.3 is 10.4 Å². The standard InChI is InChI=1S/C11H21NO3/c1-8(2)5-4-6-12-11(15)9(3)7-10(13)14/h8-9H,4-7H2,1-3H3,(H,12,15)(H,13,14). The molecule has 0 radical (unpaired) electrons. The molecule has 15 heavy (non-hydrogen) atoms. The molecule has 4 heteroatoms. The van der Waals surface area contributed by atoms with Crippen LogP contribution in [-0.2, 0) is 9.59 Å². The van der Waals surface area contributed by atoms with E-state index in [0.29, 0.717) is 12.5 Å². The second-order valence-corrected chi connectivity index (χ2v) is 4.33. The van der Waals surface area contributed by atoms with Gasteiger partial charge in [0.15, 0.2) is 0 Å². The van der Waals surface area contributed by atoms with Crippen molar-refractivity contribution in [1.29, 1.82) is 0 Å². The van der Waals surface area contributed by atoms with Crippen LogP contribution in [-0.4, -0.2) is 23.5 Å². The fourth-order valence-corrected chi connectivity index (χ4v) is 1.25. The van der Waals surface area contributed by atoms with Crippen LogP contribution in [0.1, 0.15) is 40.0 Å². The normalized spacial score (nSPS) is 12.5. The number of carbonyl (C=O) groups excluding carboxylic acids is 1. The average molecular weight is 215 g/mol. The van der Waals surface area contributed by atoms with Crippen molar-refractivity contribution in [1.82, 2.24) is 5.32 Å². The Morgan fingerprint density at radius 1 is 1.27 bits per heavy atom. The summed E-state index contributed by atoms with van der Waals surface area (Å²) in [6.07, 6.45) is 1.92. The summed E-state index contributed by atoms with van der Waals surface area (Å²) in [6.45, 7) is 6.54. The van der Waals surface area contributed by atoms with Crippen LogP contribution in [0.2, 0.25) is 0 Å². The number of hydrogen-bond acceptors (Lipinski definition) is 2. The lowest BCUT2D eigenvalue weighted by molar-refractivity contribution is -0.140. The van der Waals surface area contributed by atoms with E-state index in [9.17, 15) is 9.59 Å². The zero-order chi connectivity index (χ0) is 11.8. The Hall–Kier alpha value is -1.06. The summed E-state index contributed by atoms with van der Waals surface area (Å²) in [5.74, 6) is -0.902. The first kappa shape index (κ1) is 13.9. The van der Waals surface area contributed by atoms with E-state index in [1.807, 2.05) is 0 Å². The predicted octanol–water partition coefficient (Wildman–Crippen LogP) is 1.65. The summed E-state index contributed by atoms with van der Waals surface area (Å²) in [5.41, 5.74) is 0. The Morgan fingerprint density at radius 3 is 2.33 bits per heavy atom. The van der Waals surface area contributed by atoms with E-state index in [1.54, 1.807) is 6.92 Å². The Labute approximate surface area is 91.1 Å². The van der Waals surface area contributed by atoms with Crippen LogP contribution in [0.25, 0.3) is 0 Å². The molecule has 0 fully saturated rings. The molecule has 0 aromatic heterocycles. The van der Waals surface area contributed by atoms with Gasteiger partial charge in [0, 0.05) is 12.5 Å². The maximum Gasteiger partial charge on any atom is 0.304 e. The number of carbonyl (C=O) groups is 2. The van der Waals surface area contributed by atoms with E-state index in [0.717, 1.165) is 12.8 Å². The molecule has 4 nitrogen and oxygen atoms in total. The van der Waals surface area contributed by atoms with Crippen LogP contribution in [0.5, 0.6) is 0 Å². The highest BCUT2D eigenvalue weighted by atomic mass is 16.4. The van der Waals surface area contributed by atoms with Gasteiger partial charge in [-0.2, -0.15) is 0 Å². The van der Waals surface area contributed by atoms with Crippen molar-refractivity contribution in [3.05, 3.63) is 0 Å².